The molecule has 4 rings (SSSR count). The first kappa shape index (κ1) is 17.9. The van der Waals surface area contributed by atoms with E-state index < -0.39 is 31.1 Å². The number of azo groups is 1. The first-order valence-corrected chi connectivity index (χ1v) is 8.99. The van der Waals surface area contributed by atoms with Crippen molar-refractivity contribution in [2.45, 2.75) is 31.1 Å². The summed E-state index contributed by atoms with van der Waals surface area (Å²) in [4.78, 5) is 13.5. The van der Waals surface area contributed by atoms with Crippen LogP contribution in [0.4, 0.5) is 11.8 Å². The number of rotatable bonds is 5. The topological polar surface area (TPSA) is 164 Å². The van der Waals surface area contributed by atoms with Gasteiger partial charge in [0.15, 0.2) is 17.7 Å². The molecule has 0 aromatic carbocycles. The van der Waals surface area contributed by atoms with Crippen LogP contribution in [0.2, 0.25) is 0 Å². The lowest BCUT2D eigenvalue weighted by Gasteiger charge is -2.16. The lowest BCUT2D eigenvalue weighted by Crippen LogP contribution is -2.33. The smallest absolute Gasteiger partial charge is 0.272 e. The number of aliphatic hydroxyl groups excluding tert-OH is 3. The summed E-state index contributed by atoms with van der Waals surface area (Å²) < 4.78 is 6.94. The fourth-order valence-corrected chi connectivity index (χ4v) is 3.46. The molecule has 5 N–H and O–H groups in total. The maximum absolute atomic E-state index is 10.2. The molecule has 0 amide bonds. The van der Waals surface area contributed by atoms with Gasteiger partial charge >= 0.3 is 0 Å². The fourth-order valence-electron chi connectivity index (χ4n) is 2.84. The van der Waals surface area contributed by atoms with E-state index in [1.807, 2.05) is 17.5 Å². The van der Waals surface area contributed by atoms with E-state index in [-0.39, 0.29) is 17.4 Å². The van der Waals surface area contributed by atoms with Crippen LogP contribution >= 0.6 is 11.3 Å². The zero-order chi connectivity index (χ0) is 19.0. The normalized spacial score (nSPS) is 25.7. The van der Waals surface area contributed by atoms with Gasteiger partial charge in [-0.05, 0) is 11.4 Å². The molecule has 0 saturated carbocycles. The maximum Gasteiger partial charge on any atom is 0.272 e. The predicted molar refractivity (Wildman–Crippen MR) is 95.3 cm³/mol. The number of fused-ring (bicyclic) bond motifs is 1. The molecule has 3 aromatic heterocycles. The van der Waals surface area contributed by atoms with Crippen molar-refractivity contribution in [3.05, 3.63) is 28.7 Å². The zero-order valence-electron chi connectivity index (χ0n) is 14.0. The van der Waals surface area contributed by atoms with Crippen LogP contribution in [0, 0.1) is 0 Å². The maximum atomic E-state index is 10.2. The monoisotopic (exact) mass is 391 g/mol. The van der Waals surface area contributed by atoms with Crippen LogP contribution in [0.3, 0.4) is 0 Å². The molecule has 12 heteroatoms. The van der Waals surface area contributed by atoms with Gasteiger partial charge in [-0.25, -0.2) is 4.98 Å². The number of imidazole rings is 1. The summed E-state index contributed by atoms with van der Waals surface area (Å²) in [6.45, 7) is -0.0340. The Bertz CT molecular complexity index is 961. The second kappa shape index (κ2) is 7.25. The number of hydrogen-bond donors (Lipinski definition) is 4. The van der Waals surface area contributed by atoms with Gasteiger partial charge in [-0.2, -0.15) is 15.1 Å². The van der Waals surface area contributed by atoms with Crippen LogP contribution in [0.15, 0.2) is 34.1 Å². The largest absolute Gasteiger partial charge is 0.394 e. The summed E-state index contributed by atoms with van der Waals surface area (Å²) in [5.74, 6) is 0.153. The first-order valence-electron chi connectivity index (χ1n) is 8.11. The Kier molecular flexibility index (Phi) is 4.80. The average Bonchev–Trinajstić information content (AvgIpc) is 3.37. The summed E-state index contributed by atoms with van der Waals surface area (Å²) in [5, 5.41) is 39.5. The molecule has 0 radical (unpaired) electrons. The van der Waals surface area contributed by atoms with E-state index in [0.717, 1.165) is 4.88 Å². The molecule has 142 valence electrons. The van der Waals surface area contributed by atoms with Crippen LogP contribution in [-0.4, -0.2) is 59.8 Å². The first-order chi connectivity index (χ1) is 13.1. The molecule has 1 saturated heterocycles. The molecule has 1 aliphatic heterocycles. The minimum absolute atomic E-state index is 0.0463. The van der Waals surface area contributed by atoms with E-state index in [4.69, 9.17) is 10.5 Å². The van der Waals surface area contributed by atoms with Gasteiger partial charge in [-0.1, -0.05) is 6.07 Å². The number of thiophene rings is 1. The molecule has 3 aromatic rings. The second-order valence-electron chi connectivity index (χ2n) is 5.94. The van der Waals surface area contributed by atoms with E-state index in [0.29, 0.717) is 12.1 Å². The van der Waals surface area contributed by atoms with Gasteiger partial charge in [0.1, 0.15) is 23.8 Å². The highest BCUT2D eigenvalue weighted by Gasteiger charge is 2.44. The third kappa shape index (κ3) is 3.28. The molecular weight excluding hydrogens is 374 g/mol. The van der Waals surface area contributed by atoms with E-state index in [1.54, 1.807) is 11.3 Å². The van der Waals surface area contributed by atoms with Crippen molar-refractivity contribution >= 4 is 34.3 Å². The van der Waals surface area contributed by atoms with Gasteiger partial charge in [-0.3, -0.25) is 4.57 Å². The SMILES string of the molecule is Nc1nc(N=NCc2cccs2)nc2c1ncn2[C@@H]1O[C@H](CO)C(O)C1O. The number of ether oxygens (including phenoxy) is 1. The van der Waals surface area contributed by atoms with E-state index in [1.165, 1.54) is 10.9 Å². The highest BCUT2D eigenvalue weighted by atomic mass is 32.1. The molecule has 27 heavy (non-hydrogen) atoms. The van der Waals surface area contributed by atoms with Crippen LogP contribution < -0.4 is 5.73 Å². The highest BCUT2D eigenvalue weighted by molar-refractivity contribution is 7.09. The standard InChI is InChI=1S/C15H17N7O4S/c16-12-9-13(20-15(19-12)21-18-4-7-2-1-3-27-7)22(6-17-9)14-11(25)10(24)8(5-23)26-14/h1-3,6,8,10-11,14,23-25H,4-5H2,(H2,16,19,20)/t8-,10?,11?,14-/m1/s1. The number of anilines is 1. The Hall–Kier alpha value is -2.51. The number of nitrogens with zero attached hydrogens (tertiary/aromatic N) is 6. The van der Waals surface area contributed by atoms with Crippen molar-refractivity contribution in [3.63, 3.8) is 0 Å². The molecule has 4 atom stereocenters. The fraction of sp³-hybridized carbons (Fsp3) is 0.400. The Labute approximate surface area is 156 Å². The van der Waals surface area contributed by atoms with Crippen LogP contribution in [0.1, 0.15) is 11.1 Å². The van der Waals surface area contributed by atoms with Crippen LogP contribution in [0.25, 0.3) is 11.2 Å². The third-order valence-electron chi connectivity index (χ3n) is 4.19. The molecule has 0 bridgehead atoms. The van der Waals surface area contributed by atoms with Gasteiger partial charge in [0.25, 0.3) is 5.95 Å². The average molecular weight is 391 g/mol. The van der Waals surface area contributed by atoms with Crippen molar-refractivity contribution in [2.24, 2.45) is 10.2 Å². The Morgan fingerprint density at radius 1 is 1.30 bits per heavy atom. The van der Waals surface area contributed by atoms with Gasteiger partial charge in [0.2, 0.25) is 0 Å². The number of hydrogen-bond acceptors (Lipinski definition) is 11. The van der Waals surface area contributed by atoms with Gasteiger partial charge < -0.3 is 25.8 Å². The summed E-state index contributed by atoms with van der Waals surface area (Å²) in [7, 11) is 0. The molecule has 4 heterocycles. The number of aromatic nitrogens is 4. The minimum Gasteiger partial charge on any atom is -0.394 e. The van der Waals surface area contributed by atoms with Crippen molar-refractivity contribution in [1.82, 2.24) is 19.5 Å². The molecule has 1 aliphatic rings. The molecule has 1 fully saturated rings. The van der Waals surface area contributed by atoms with Crippen LogP contribution in [-0.2, 0) is 11.3 Å². The molecular formula is C15H17N7O4S. The van der Waals surface area contributed by atoms with Crippen LogP contribution in [0.5, 0.6) is 0 Å². The van der Waals surface area contributed by atoms with E-state index in [9.17, 15) is 15.3 Å². The van der Waals surface area contributed by atoms with Crippen molar-refractivity contribution in [1.29, 1.82) is 0 Å². The van der Waals surface area contributed by atoms with E-state index in [2.05, 4.69) is 25.2 Å². The third-order valence-corrected chi connectivity index (χ3v) is 5.06. The number of nitrogens with two attached hydrogens (primary N) is 1. The number of aliphatic hydroxyl groups is 3. The molecule has 0 aliphatic carbocycles. The highest BCUT2D eigenvalue weighted by Crippen LogP contribution is 2.32. The summed E-state index contributed by atoms with van der Waals surface area (Å²) in [6, 6.07) is 3.87. The van der Waals surface area contributed by atoms with Crippen molar-refractivity contribution in [3.8, 4) is 0 Å². The quantitative estimate of drug-likeness (QED) is 0.453. The summed E-state index contributed by atoms with van der Waals surface area (Å²) in [5.41, 5.74) is 6.52. The van der Waals surface area contributed by atoms with E-state index >= 15 is 0 Å². The zero-order valence-corrected chi connectivity index (χ0v) is 14.8. The Balaban J connectivity index is 1.65. The Morgan fingerprint density at radius 2 is 2.15 bits per heavy atom. The van der Waals surface area contributed by atoms with Gasteiger partial charge in [-0.15, -0.1) is 16.5 Å². The molecule has 11 nitrogen and oxygen atoms in total. The summed E-state index contributed by atoms with van der Waals surface area (Å²) >= 11 is 1.57. The minimum atomic E-state index is -1.26. The lowest BCUT2D eigenvalue weighted by molar-refractivity contribution is -0.0511. The second-order valence-corrected chi connectivity index (χ2v) is 6.97. The van der Waals surface area contributed by atoms with Crippen molar-refractivity contribution < 1.29 is 20.1 Å². The summed E-state index contributed by atoms with van der Waals surface area (Å²) in [6.07, 6.45) is -3.01. The molecule has 2 unspecified atom stereocenters. The van der Waals surface area contributed by atoms with Gasteiger partial charge in [0, 0.05) is 4.88 Å². The predicted octanol–water partition coefficient (Wildman–Crippen LogP) is 0.365. The Morgan fingerprint density at radius 3 is 2.85 bits per heavy atom. The van der Waals surface area contributed by atoms with Crippen molar-refractivity contribution in [2.75, 3.05) is 12.3 Å². The molecule has 0 spiro atoms. The lowest BCUT2D eigenvalue weighted by atomic mass is 10.1. The number of nitrogen functional groups attached to an aromatic ring is 1. The van der Waals surface area contributed by atoms with Gasteiger partial charge in [0.05, 0.1) is 19.5 Å².